The van der Waals surface area contributed by atoms with E-state index in [1.165, 1.54) is 0 Å². The Morgan fingerprint density at radius 3 is 2.79 bits per heavy atom. The molecule has 0 saturated carbocycles. The van der Waals surface area contributed by atoms with Crippen molar-refractivity contribution in [2.45, 2.75) is 6.92 Å². The molecule has 1 rings (SSSR count). The number of ether oxygens (including phenoxy) is 1. The Morgan fingerprint density at radius 1 is 1.64 bits per heavy atom. The van der Waals surface area contributed by atoms with Gasteiger partial charge in [0.25, 0.3) is 0 Å². The van der Waals surface area contributed by atoms with Gasteiger partial charge in [-0.25, -0.2) is 4.79 Å². The molecule has 0 saturated heterocycles. The van der Waals surface area contributed by atoms with Crippen LogP contribution in [0.1, 0.15) is 6.99 Å². The Balaban J connectivity index is 0. The summed E-state index contributed by atoms with van der Waals surface area (Å²) in [4.78, 5) is 10.2. The number of benzene rings is 1. The minimum Gasteiger partial charge on any atom is -1.00 e. The predicted molar refractivity (Wildman–Crippen MR) is 50.4 cm³/mol. The van der Waals surface area contributed by atoms with E-state index in [1.54, 1.807) is 18.2 Å². The molecular formula is C9H10ClKO3. The Bertz CT molecular complexity index is 333. The molecule has 0 fully saturated rings. The monoisotopic (exact) mass is 240 g/mol. The van der Waals surface area contributed by atoms with Crippen LogP contribution in [0.25, 0.3) is 0 Å². The average Bonchev–Trinajstić information content (AvgIpc) is 2.02. The molecule has 0 heterocycles. The van der Waals surface area contributed by atoms with Crippen LogP contribution >= 0.6 is 11.6 Å². The largest absolute Gasteiger partial charge is 1.00 e. The molecule has 1 N–H and O–H groups in total. The first-order valence-corrected chi connectivity index (χ1v) is 4.08. The second kappa shape index (κ2) is 6.82. The van der Waals surface area contributed by atoms with Gasteiger partial charge in [0.05, 0.1) is 0 Å². The first kappa shape index (κ1) is 14.4. The Kier molecular flexibility index (Phi) is 7.02. The first-order chi connectivity index (χ1) is 6.09. The van der Waals surface area contributed by atoms with Crippen molar-refractivity contribution < 1.29 is 67.4 Å². The van der Waals surface area contributed by atoms with Gasteiger partial charge in [0.15, 0.2) is 6.61 Å². The summed E-state index contributed by atoms with van der Waals surface area (Å²) < 4.78 is 5.00. The van der Waals surface area contributed by atoms with Crippen molar-refractivity contribution in [1.82, 2.24) is 0 Å². The van der Waals surface area contributed by atoms with Gasteiger partial charge in [-0.3, -0.25) is 0 Å². The molecular weight excluding hydrogens is 231 g/mol. The normalized spacial score (nSPS) is 9.00. The number of aliphatic carboxylic acids is 1. The van der Waals surface area contributed by atoms with Crippen molar-refractivity contribution in [3.05, 3.63) is 28.8 Å². The second-order valence-electron chi connectivity index (χ2n) is 2.59. The number of carboxylic acid groups (broad SMARTS) is 1. The van der Waals surface area contributed by atoms with Crippen LogP contribution in [-0.4, -0.2) is 17.7 Å². The standard InChI is InChI=1S/C9H9ClO3.K.H/c1-6-4-7(10)2-3-8(6)13-5-9(11)12;;/h2-4H,5H2,1H3,(H,11,12);;/q;+1;-1. The van der Waals surface area contributed by atoms with Gasteiger partial charge in [-0.15, -0.1) is 0 Å². The molecule has 0 aliphatic rings. The van der Waals surface area contributed by atoms with Crippen molar-refractivity contribution in [1.29, 1.82) is 0 Å². The van der Waals surface area contributed by atoms with Gasteiger partial charge >= 0.3 is 57.4 Å². The van der Waals surface area contributed by atoms with Crippen LogP contribution < -0.4 is 56.1 Å². The molecule has 0 aliphatic carbocycles. The van der Waals surface area contributed by atoms with Crippen molar-refractivity contribution in [3.63, 3.8) is 0 Å². The van der Waals surface area contributed by atoms with Crippen molar-refractivity contribution in [3.8, 4) is 5.75 Å². The number of carboxylic acids is 1. The molecule has 1 aromatic carbocycles. The van der Waals surface area contributed by atoms with Gasteiger partial charge < -0.3 is 11.3 Å². The summed E-state index contributed by atoms with van der Waals surface area (Å²) in [6.45, 7) is 1.48. The first-order valence-electron chi connectivity index (χ1n) is 3.70. The van der Waals surface area contributed by atoms with Crippen LogP contribution in [0, 0.1) is 6.92 Å². The number of hydrogen-bond donors (Lipinski definition) is 1. The molecule has 72 valence electrons. The summed E-state index contributed by atoms with van der Waals surface area (Å²) in [5, 5.41) is 8.98. The summed E-state index contributed by atoms with van der Waals surface area (Å²) in [7, 11) is 0. The fourth-order valence-electron chi connectivity index (χ4n) is 0.914. The minimum absolute atomic E-state index is 0. The Morgan fingerprint density at radius 2 is 2.29 bits per heavy atom. The number of aryl methyl sites for hydroxylation is 1. The van der Waals surface area contributed by atoms with E-state index in [0.29, 0.717) is 10.8 Å². The summed E-state index contributed by atoms with van der Waals surface area (Å²) in [5.74, 6) is -0.443. The van der Waals surface area contributed by atoms with Gasteiger partial charge in [-0.1, -0.05) is 11.6 Å². The van der Waals surface area contributed by atoms with Gasteiger partial charge in [-0.05, 0) is 30.7 Å². The average molecular weight is 241 g/mol. The molecule has 0 aliphatic heterocycles. The molecule has 14 heavy (non-hydrogen) atoms. The van der Waals surface area contributed by atoms with E-state index in [1.807, 2.05) is 6.92 Å². The zero-order valence-electron chi connectivity index (χ0n) is 9.08. The third kappa shape index (κ3) is 4.77. The van der Waals surface area contributed by atoms with E-state index in [4.69, 9.17) is 21.4 Å². The molecule has 0 unspecified atom stereocenters. The molecule has 0 aromatic heterocycles. The fraction of sp³-hybridized carbons (Fsp3) is 0.222. The van der Waals surface area contributed by atoms with Gasteiger partial charge in [0.1, 0.15) is 5.75 Å². The summed E-state index contributed by atoms with van der Waals surface area (Å²) in [5.41, 5.74) is 0.828. The van der Waals surface area contributed by atoms with E-state index in [0.717, 1.165) is 5.56 Å². The van der Waals surface area contributed by atoms with E-state index < -0.39 is 5.97 Å². The molecule has 3 nitrogen and oxygen atoms in total. The van der Waals surface area contributed by atoms with E-state index >= 15 is 0 Å². The van der Waals surface area contributed by atoms with Crippen molar-refractivity contribution in [2.24, 2.45) is 0 Å². The maximum absolute atomic E-state index is 10.2. The van der Waals surface area contributed by atoms with E-state index in [-0.39, 0.29) is 59.4 Å². The third-order valence-corrected chi connectivity index (χ3v) is 1.72. The molecule has 0 amide bonds. The van der Waals surface area contributed by atoms with Gasteiger partial charge in [0, 0.05) is 5.02 Å². The summed E-state index contributed by atoms with van der Waals surface area (Å²) >= 11 is 5.71. The predicted octanol–water partition coefficient (Wildman–Crippen LogP) is -0.772. The number of hydrogen-bond acceptors (Lipinski definition) is 2. The molecule has 0 radical (unpaired) electrons. The van der Waals surface area contributed by atoms with Crippen LogP contribution in [0.2, 0.25) is 5.02 Å². The molecule has 0 atom stereocenters. The summed E-state index contributed by atoms with van der Waals surface area (Å²) in [6.07, 6.45) is 0. The van der Waals surface area contributed by atoms with Crippen LogP contribution in [0.4, 0.5) is 0 Å². The minimum atomic E-state index is -0.991. The fourth-order valence-corrected chi connectivity index (χ4v) is 1.14. The third-order valence-electron chi connectivity index (χ3n) is 1.49. The zero-order chi connectivity index (χ0) is 9.84. The van der Waals surface area contributed by atoms with Crippen LogP contribution in [-0.2, 0) is 4.79 Å². The Labute approximate surface area is 131 Å². The maximum Gasteiger partial charge on any atom is 1.00 e. The summed E-state index contributed by atoms with van der Waals surface area (Å²) in [6, 6.07) is 5.03. The second-order valence-corrected chi connectivity index (χ2v) is 3.03. The van der Waals surface area contributed by atoms with Gasteiger partial charge in [-0.2, -0.15) is 0 Å². The maximum atomic E-state index is 10.2. The van der Waals surface area contributed by atoms with Crippen molar-refractivity contribution >= 4 is 17.6 Å². The SMILES string of the molecule is Cc1cc(Cl)ccc1OCC(=O)O.[H-].[K+]. The number of halogens is 1. The van der Waals surface area contributed by atoms with Crippen LogP contribution in [0.5, 0.6) is 5.75 Å². The quantitative estimate of drug-likeness (QED) is 0.706. The Hall–Kier alpha value is 0.416. The zero-order valence-corrected chi connectivity index (χ0v) is 12.0. The van der Waals surface area contributed by atoms with E-state index in [9.17, 15) is 4.79 Å². The van der Waals surface area contributed by atoms with Crippen molar-refractivity contribution in [2.75, 3.05) is 6.61 Å². The molecule has 0 spiro atoms. The molecule has 0 bridgehead atoms. The number of rotatable bonds is 3. The van der Waals surface area contributed by atoms with E-state index in [2.05, 4.69) is 0 Å². The molecule has 1 aromatic rings. The van der Waals surface area contributed by atoms with Gasteiger partial charge in [0.2, 0.25) is 0 Å². The molecule has 5 heteroatoms. The van der Waals surface area contributed by atoms with Crippen LogP contribution in [0.15, 0.2) is 18.2 Å². The smallest absolute Gasteiger partial charge is 1.00 e. The number of carbonyl (C=O) groups is 1. The van der Waals surface area contributed by atoms with Crippen LogP contribution in [0.3, 0.4) is 0 Å². The topological polar surface area (TPSA) is 46.5 Å².